The minimum absolute atomic E-state index is 0.139. The van der Waals surface area contributed by atoms with Crippen LogP contribution in [0.15, 0.2) is 18.2 Å². The molecule has 30 heavy (non-hydrogen) atoms. The number of anilines is 1. The quantitative estimate of drug-likeness (QED) is 0.334. The van der Waals surface area contributed by atoms with Gasteiger partial charge in [0.25, 0.3) is 5.91 Å². The Morgan fingerprint density at radius 1 is 1.23 bits per heavy atom. The summed E-state index contributed by atoms with van der Waals surface area (Å²) >= 11 is 11.9. The number of nitrogens with one attached hydrogen (secondary N) is 3. The Bertz CT molecular complexity index is 784. The maximum Gasteiger partial charge on any atom is 0.319 e. The molecule has 1 aliphatic rings. The molecule has 0 aromatic heterocycles. The lowest BCUT2D eigenvalue weighted by molar-refractivity contribution is -0.141. The fraction of sp³-hybridized carbons (Fsp3) is 0.550. The smallest absolute Gasteiger partial charge is 0.319 e. The van der Waals surface area contributed by atoms with Crippen molar-refractivity contribution in [3.63, 3.8) is 0 Å². The predicted octanol–water partition coefficient (Wildman–Crippen LogP) is 3.67. The van der Waals surface area contributed by atoms with Crippen LogP contribution in [0, 0.1) is 11.3 Å². The highest BCUT2D eigenvalue weighted by atomic mass is 35.5. The second-order valence-corrected chi connectivity index (χ2v) is 9.22. The highest BCUT2D eigenvalue weighted by Crippen LogP contribution is 2.29. The zero-order valence-electron chi connectivity index (χ0n) is 17.1. The molecule has 4 N–H and O–H groups in total. The van der Waals surface area contributed by atoms with E-state index < -0.39 is 17.4 Å². The van der Waals surface area contributed by atoms with E-state index >= 15 is 0 Å². The minimum atomic E-state index is -0.627. The number of rotatable bonds is 9. The van der Waals surface area contributed by atoms with Crippen LogP contribution in [0.4, 0.5) is 10.5 Å². The Morgan fingerprint density at radius 3 is 2.50 bits per heavy atom. The van der Waals surface area contributed by atoms with E-state index in [2.05, 4.69) is 10.6 Å². The average Bonchev–Trinajstić information content (AvgIpc) is 2.63. The lowest BCUT2D eigenvalue weighted by atomic mass is 9.84. The maximum absolute atomic E-state index is 12.8. The first-order valence-corrected chi connectivity index (χ1v) is 10.6. The van der Waals surface area contributed by atoms with Gasteiger partial charge in [-0.05, 0) is 42.4 Å². The molecule has 0 radical (unpaired) electrons. The van der Waals surface area contributed by atoms with Crippen molar-refractivity contribution in [2.24, 2.45) is 11.3 Å². The normalized spacial score (nSPS) is 13.9. The molecule has 0 bridgehead atoms. The Hall–Kier alpha value is -2.03. The number of benzene rings is 1. The lowest BCUT2D eigenvalue weighted by Gasteiger charge is -2.34. The first kappa shape index (κ1) is 24.2. The number of amides is 4. The molecular weight excluding hydrogens is 431 g/mol. The monoisotopic (exact) mass is 458 g/mol. The van der Waals surface area contributed by atoms with Crippen molar-refractivity contribution in [1.82, 2.24) is 15.7 Å². The fourth-order valence-electron chi connectivity index (χ4n) is 3.11. The van der Waals surface area contributed by atoms with E-state index in [1.54, 1.807) is 17.6 Å². The SMILES string of the molecule is CC(C)(CNC(=O)Nc1ccc(Cl)cc1Cl)CC(=O)N(CC(=O)NO)CC1CCC1. The summed E-state index contributed by atoms with van der Waals surface area (Å²) in [5.41, 5.74) is 1.45. The van der Waals surface area contributed by atoms with Crippen molar-refractivity contribution in [3.8, 4) is 0 Å². The van der Waals surface area contributed by atoms with Gasteiger partial charge in [0.2, 0.25) is 5.91 Å². The third-order valence-electron chi connectivity index (χ3n) is 5.05. The Balaban J connectivity index is 1.88. The molecule has 1 aromatic rings. The van der Waals surface area contributed by atoms with E-state index in [0.717, 1.165) is 19.3 Å². The Morgan fingerprint density at radius 2 is 1.93 bits per heavy atom. The van der Waals surface area contributed by atoms with E-state index in [1.165, 1.54) is 11.0 Å². The van der Waals surface area contributed by atoms with Gasteiger partial charge in [0, 0.05) is 24.5 Å². The lowest BCUT2D eigenvalue weighted by Crippen LogP contribution is -2.46. The highest BCUT2D eigenvalue weighted by Gasteiger charge is 2.30. The van der Waals surface area contributed by atoms with E-state index in [1.807, 2.05) is 13.8 Å². The van der Waals surface area contributed by atoms with Gasteiger partial charge in [-0.1, -0.05) is 43.5 Å². The summed E-state index contributed by atoms with van der Waals surface area (Å²) in [7, 11) is 0. The van der Waals surface area contributed by atoms with Gasteiger partial charge in [-0.25, -0.2) is 10.3 Å². The highest BCUT2D eigenvalue weighted by molar-refractivity contribution is 6.36. The second kappa shape index (κ2) is 10.8. The average molecular weight is 459 g/mol. The van der Waals surface area contributed by atoms with Crippen molar-refractivity contribution < 1.29 is 19.6 Å². The van der Waals surface area contributed by atoms with Gasteiger partial charge < -0.3 is 15.5 Å². The molecule has 1 aromatic carbocycles. The third kappa shape index (κ3) is 7.66. The van der Waals surface area contributed by atoms with Gasteiger partial charge in [0.15, 0.2) is 0 Å². The van der Waals surface area contributed by atoms with Gasteiger partial charge in [0.05, 0.1) is 10.7 Å². The van der Waals surface area contributed by atoms with Crippen LogP contribution in [0.3, 0.4) is 0 Å². The summed E-state index contributed by atoms with van der Waals surface area (Å²) in [6.45, 7) is 4.25. The second-order valence-electron chi connectivity index (χ2n) is 8.38. The molecule has 166 valence electrons. The summed E-state index contributed by atoms with van der Waals surface area (Å²) in [6, 6.07) is 4.29. The number of hydrogen-bond acceptors (Lipinski definition) is 4. The first-order chi connectivity index (χ1) is 14.1. The molecule has 0 saturated heterocycles. The molecule has 8 nitrogen and oxygen atoms in total. The number of urea groups is 1. The zero-order valence-corrected chi connectivity index (χ0v) is 18.6. The minimum Gasteiger partial charge on any atom is -0.337 e. The van der Waals surface area contributed by atoms with Crippen molar-refractivity contribution in [2.75, 3.05) is 25.0 Å². The number of hydroxylamine groups is 1. The summed E-state index contributed by atoms with van der Waals surface area (Å²) in [5.74, 6) is -0.437. The topological polar surface area (TPSA) is 111 Å². The molecule has 2 rings (SSSR count). The van der Waals surface area contributed by atoms with Crippen LogP contribution in [0.2, 0.25) is 10.0 Å². The molecule has 1 aliphatic carbocycles. The van der Waals surface area contributed by atoms with Gasteiger partial charge in [0.1, 0.15) is 6.54 Å². The van der Waals surface area contributed by atoms with Gasteiger partial charge in [-0.3, -0.25) is 14.8 Å². The Kier molecular flexibility index (Phi) is 8.76. The van der Waals surface area contributed by atoms with Crippen LogP contribution in [0.1, 0.15) is 39.5 Å². The van der Waals surface area contributed by atoms with Crippen LogP contribution < -0.4 is 16.1 Å². The van der Waals surface area contributed by atoms with Crippen LogP contribution in [0.25, 0.3) is 0 Å². The van der Waals surface area contributed by atoms with E-state index in [0.29, 0.717) is 28.2 Å². The molecule has 1 saturated carbocycles. The van der Waals surface area contributed by atoms with Crippen molar-refractivity contribution in [1.29, 1.82) is 0 Å². The number of carbonyl (C=O) groups is 3. The number of hydrogen-bond donors (Lipinski definition) is 4. The molecule has 1 fully saturated rings. The number of nitrogens with zero attached hydrogens (tertiary/aromatic N) is 1. The molecule has 4 amide bonds. The largest absolute Gasteiger partial charge is 0.337 e. The summed E-state index contributed by atoms with van der Waals surface area (Å²) in [6.07, 6.45) is 3.33. The standard InChI is InChI=1S/C20H28Cl2N4O4/c1-20(2,12-23-19(29)24-16-7-6-14(21)8-15(16)22)9-18(28)26(11-17(27)25-30)10-13-4-3-5-13/h6-8,13,30H,3-5,9-12H2,1-2H3,(H,25,27)(H2,23,24,29). The predicted molar refractivity (Wildman–Crippen MR) is 116 cm³/mol. The zero-order chi connectivity index (χ0) is 22.3. The maximum atomic E-state index is 12.8. The van der Waals surface area contributed by atoms with Crippen molar-refractivity contribution >= 4 is 46.7 Å². The molecule has 0 heterocycles. The molecule has 0 spiro atoms. The first-order valence-electron chi connectivity index (χ1n) is 9.80. The molecule has 0 aliphatic heterocycles. The van der Waals surface area contributed by atoms with Gasteiger partial charge in [-0.15, -0.1) is 0 Å². The summed E-state index contributed by atoms with van der Waals surface area (Å²) in [5, 5.41) is 15.0. The molecule has 10 heteroatoms. The third-order valence-corrected chi connectivity index (χ3v) is 5.60. The number of halogens is 2. The van der Waals surface area contributed by atoms with E-state index in [4.69, 9.17) is 28.4 Å². The van der Waals surface area contributed by atoms with Crippen LogP contribution in [-0.4, -0.2) is 47.6 Å². The number of carbonyl (C=O) groups excluding carboxylic acids is 3. The van der Waals surface area contributed by atoms with Crippen molar-refractivity contribution in [3.05, 3.63) is 28.2 Å². The van der Waals surface area contributed by atoms with Gasteiger partial charge >= 0.3 is 6.03 Å². The van der Waals surface area contributed by atoms with Crippen molar-refractivity contribution in [2.45, 2.75) is 39.5 Å². The van der Waals surface area contributed by atoms with Crippen LogP contribution in [-0.2, 0) is 9.59 Å². The van der Waals surface area contributed by atoms with E-state index in [-0.39, 0.29) is 25.4 Å². The summed E-state index contributed by atoms with van der Waals surface area (Å²) in [4.78, 5) is 38.1. The summed E-state index contributed by atoms with van der Waals surface area (Å²) < 4.78 is 0. The molecular formula is C20H28Cl2N4O4. The van der Waals surface area contributed by atoms with Gasteiger partial charge in [-0.2, -0.15) is 0 Å². The van der Waals surface area contributed by atoms with E-state index in [9.17, 15) is 14.4 Å². The van der Waals surface area contributed by atoms with Crippen LogP contribution in [0.5, 0.6) is 0 Å². The fourth-order valence-corrected chi connectivity index (χ4v) is 3.57. The Labute approximate surface area is 186 Å². The molecule has 0 unspecified atom stereocenters. The molecule has 0 atom stereocenters. The van der Waals surface area contributed by atoms with Crippen LogP contribution >= 0.6 is 23.2 Å².